The largest absolute Gasteiger partial charge is 0.494 e. The summed E-state index contributed by atoms with van der Waals surface area (Å²) in [6.45, 7) is 17.6. The predicted octanol–water partition coefficient (Wildman–Crippen LogP) is 3.10. The molecule has 1 aromatic rings. The summed E-state index contributed by atoms with van der Waals surface area (Å²) in [5.74, 6) is 0.786. The first-order valence-corrected chi connectivity index (χ1v) is 12.2. The third-order valence-electron chi connectivity index (χ3n) is 5.45. The van der Waals surface area contributed by atoms with Gasteiger partial charge >= 0.3 is 7.12 Å². The lowest BCUT2D eigenvalue weighted by Crippen LogP contribution is -2.41. The van der Waals surface area contributed by atoms with Crippen LogP contribution in [-0.2, 0) is 33.0 Å². The average Bonchev–Trinajstić information content (AvgIpc) is 3.05. The number of hydrogen-bond donors (Lipinski definition) is 0. The van der Waals surface area contributed by atoms with Gasteiger partial charge in [-0.05, 0) is 45.3 Å². The molecule has 1 saturated heterocycles. The Morgan fingerprint density at radius 1 is 0.618 bits per heavy atom. The van der Waals surface area contributed by atoms with Crippen LogP contribution in [0.5, 0.6) is 5.75 Å². The van der Waals surface area contributed by atoms with Crippen molar-refractivity contribution in [2.75, 3.05) is 73.2 Å². The van der Waals surface area contributed by atoms with Crippen molar-refractivity contribution in [3.63, 3.8) is 0 Å². The van der Waals surface area contributed by atoms with E-state index in [1.54, 1.807) is 7.11 Å². The van der Waals surface area contributed by atoms with Gasteiger partial charge in [-0.1, -0.05) is 26.0 Å². The Morgan fingerprint density at radius 3 is 1.41 bits per heavy atom. The van der Waals surface area contributed by atoms with Gasteiger partial charge in [-0.2, -0.15) is 0 Å². The molecule has 0 bridgehead atoms. The second-order valence-electron chi connectivity index (χ2n) is 8.45. The maximum Gasteiger partial charge on any atom is 0.494 e. The van der Waals surface area contributed by atoms with Gasteiger partial charge in [-0.15, -0.1) is 0 Å². The van der Waals surface area contributed by atoms with Crippen molar-refractivity contribution in [2.45, 2.75) is 52.7 Å². The van der Waals surface area contributed by atoms with Gasteiger partial charge in [0.15, 0.2) is 0 Å². The van der Waals surface area contributed by atoms with E-state index in [0.29, 0.717) is 66.1 Å². The quantitative estimate of drug-likeness (QED) is 0.247. The zero-order chi connectivity index (χ0) is 25.3. The number of methoxy groups -OCH3 is 1. The van der Waals surface area contributed by atoms with Crippen LogP contribution in [0, 0.1) is 0 Å². The molecule has 2 rings (SSSR count). The van der Waals surface area contributed by atoms with Gasteiger partial charge in [0, 0.05) is 7.11 Å². The van der Waals surface area contributed by atoms with Crippen LogP contribution in [-0.4, -0.2) is 91.5 Å². The van der Waals surface area contributed by atoms with Gasteiger partial charge in [0.25, 0.3) is 0 Å². The predicted molar refractivity (Wildman–Crippen MR) is 134 cm³/mol. The highest BCUT2D eigenvalue weighted by atomic mass is 16.7. The highest BCUT2D eigenvalue weighted by Gasteiger charge is 2.51. The van der Waals surface area contributed by atoms with E-state index in [-0.39, 0.29) is 18.3 Å². The summed E-state index contributed by atoms with van der Waals surface area (Å²) in [5, 5.41) is 0. The van der Waals surface area contributed by atoms with Crippen LogP contribution in [0.3, 0.4) is 0 Å². The topological polar surface area (TPSA) is 73.8 Å². The Balaban J connectivity index is 0.00000281. The zero-order valence-electron chi connectivity index (χ0n) is 22.2. The Bertz CT molecular complexity index is 608. The summed E-state index contributed by atoms with van der Waals surface area (Å²) < 4.78 is 44.4. The molecule has 0 unspecified atom stereocenters. The Labute approximate surface area is 206 Å². The zero-order valence-corrected chi connectivity index (χ0v) is 22.2. The molecule has 1 fully saturated rings. The molecular weight excluding hydrogens is 439 g/mol. The summed E-state index contributed by atoms with van der Waals surface area (Å²) in [7, 11) is 1.29. The first kappa shape index (κ1) is 30.8. The van der Waals surface area contributed by atoms with Crippen LogP contribution in [0.4, 0.5) is 0 Å². The number of ether oxygens (including phenoxy) is 6. The number of benzene rings is 1. The van der Waals surface area contributed by atoms with E-state index in [9.17, 15) is 0 Å². The van der Waals surface area contributed by atoms with Gasteiger partial charge in [0.05, 0.1) is 70.7 Å². The Hall–Kier alpha value is -1.20. The lowest BCUT2D eigenvalue weighted by Gasteiger charge is -2.32. The Morgan fingerprint density at radius 2 is 1.00 bits per heavy atom. The monoisotopic (exact) mass is 484 g/mol. The second kappa shape index (κ2) is 17.3. The van der Waals surface area contributed by atoms with Crippen molar-refractivity contribution in [1.29, 1.82) is 0 Å². The minimum Gasteiger partial charge on any atom is -0.491 e. The van der Waals surface area contributed by atoms with Gasteiger partial charge in [-0.3, -0.25) is 0 Å². The molecule has 0 atom stereocenters. The summed E-state index contributed by atoms with van der Waals surface area (Å²) in [6, 6.07) is 7.79. The first-order chi connectivity index (χ1) is 16.4. The molecule has 34 heavy (non-hydrogen) atoms. The maximum absolute atomic E-state index is 6.07. The lowest BCUT2D eigenvalue weighted by atomic mass is 9.79. The van der Waals surface area contributed by atoms with Crippen LogP contribution >= 0.6 is 0 Å². The molecule has 0 aromatic heterocycles. The maximum atomic E-state index is 6.07. The van der Waals surface area contributed by atoms with Gasteiger partial charge in [-0.25, -0.2) is 0 Å². The fraction of sp³-hybridized carbons (Fsp3) is 0.760. The molecule has 196 valence electrons. The average molecular weight is 484 g/mol. The lowest BCUT2D eigenvalue weighted by molar-refractivity contribution is -0.00978. The van der Waals surface area contributed by atoms with Crippen molar-refractivity contribution >= 4 is 12.6 Å². The smallest absolute Gasteiger partial charge is 0.491 e. The molecule has 0 amide bonds. The van der Waals surface area contributed by atoms with E-state index in [1.807, 2.05) is 65.8 Å². The summed E-state index contributed by atoms with van der Waals surface area (Å²) in [4.78, 5) is 0. The van der Waals surface area contributed by atoms with Gasteiger partial charge in [0.2, 0.25) is 0 Å². The first-order valence-electron chi connectivity index (χ1n) is 12.2. The van der Waals surface area contributed by atoms with Crippen molar-refractivity contribution in [3.05, 3.63) is 24.3 Å². The molecule has 0 radical (unpaired) electrons. The molecule has 1 aromatic carbocycles. The minimum absolute atomic E-state index is 0.347. The fourth-order valence-electron chi connectivity index (χ4n) is 2.82. The van der Waals surface area contributed by atoms with E-state index in [1.165, 1.54) is 0 Å². The fourth-order valence-corrected chi connectivity index (χ4v) is 2.82. The molecule has 0 saturated carbocycles. The summed E-state index contributed by atoms with van der Waals surface area (Å²) >= 11 is 0. The second-order valence-corrected chi connectivity index (χ2v) is 8.45. The van der Waals surface area contributed by atoms with Crippen LogP contribution in [0.2, 0.25) is 0 Å². The molecule has 0 spiro atoms. The van der Waals surface area contributed by atoms with Gasteiger partial charge in [0.1, 0.15) is 12.4 Å². The Kier molecular flexibility index (Phi) is 15.7. The molecule has 0 N–H and O–H groups in total. The molecule has 1 aliphatic rings. The standard InChI is InChI=1S/C23H39BO8.C2H6/c1-22(2)23(3,4)32-24(31-22)20-6-8-21(9-7-20)30-19-18-29-17-16-28-15-14-27-13-12-26-11-10-25-5;1-2/h6-9H,10-19H2,1-5H3;1-2H3. The van der Waals surface area contributed by atoms with Crippen LogP contribution in [0.1, 0.15) is 41.5 Å². The van der Waals surface area contributed by atoms with E-state index in [4.69, 9.17) is 37.7 Å². The van der Waals surface area contributed by atoms with E-state index in [0.717, 1.165) is 11.2 Å². The van der Waals surface area contributed by atoms with Crippen molar-refractivity contribution < 1.29 is 37.7 Å². The van der Waals surface area contributed by atoms with E-state index in [2.05, 4.69) is 0 Å². The van der Waals surface area contributed by atoms with E-state index >= 15 is 0 Å². The third-order valence-corrected chi connectivity index (χ3v) is 5.45. The molecular formula is C25H45BO8. The van der Waals surface area contributed by atoms with E-state index < -0.39 is 0 Å². The molecule has 1 aliphatic heterocycles. The van der Waals surface area contributed by atoms with Crippen LogP contribution in [0.15, 0.2) is 24.3 Å². The van der Waals surface area contributed by atoms with Gasteiger partial charge < -0.3 is 37.7 Å². The highest BCUT2D eigenvalue weighted by molar-refractivity contribution is 6.62. The highest BCUT2D eigenvalue weighted by Crippen LogP contribution is 2.36. The molecule has 8 nitrogen and oxygen atoms in total. The minimum atomic E-state index is -0.364. The number of hydrogen-bond acceptors (Lipinski definition) is 8. The van der Waals surface area contributed by atoms with Crippen molar-refractivity contribution in [1.82, 2.24) is 0 Å². The normalized spacial score (nSPS) is 16.3. The molecule has 0 aliphatic carbocycles. The van der Waals surface area contributed by atoms with Crippen LogP contribution in [0.25, 0.3) is 0 Å². The SMILES string of the molecule is CC.COCCOCCOCCOCCOCCOc1ccc(B2OC(C)(C)C(C)(C)O2)cc1. The van der Waals surface area contributed by atoms with Crippen molar-refractivity contribution in [3.8, 4) is 5.75 Å². The van der Waals surface area contributed by atoms with Crippen LogP contribution < -0.4 is 10.2 Å². The molecule has 9 heteroatoms. The summed E-state index contributed by atoms with van der Waals surface area (Å²) in [5.41, 5.74) is 0.284. The third kappa shape index (κ3) is 11.5. The number of rotatable bonds is 17. The molecule has 1 heterocycles. The summed E-state index contributed by atoms with van der Waals surface area (Å²) in [6.07, 6.45) is 0. The van der Waals surface area contributed by atoms with Crippen molar-refractivity contribution in [2.24, 2.45) is 0 Å².